The van der Waals surface area contributed by atoms with E-state index in [1.165, 1.54) is 11.1 Å². The molecule has 0 spiro atoms. The molecule has 0 bridgehead atoms. The summed E-state index contributed by atoms with van der Waals surface area (Å²) in [6, 6.07) is 19.6. The van der Waals surface area contributed by atoms with Gasteiger partial charge in [-0.25, -0.2) is 4.98 Å². The lowest BCUT2D eigenvalue weighted by molar-refractivity contribution is 0.229. The molecule has 0 aliphatic carbocycles. The number of rotatable bonds is 5. The molecule has 134 valence electrons. The molecular weight excluding hydrogens is 324 g/mol. The average molecular weight is 348 g/mol. The molecule has 1 aliphatic rings. The van der Waals surface area contributed by atoms with Gasteiger partial charge in [-0.15, -0.1) is 0 Å². The first-order valence-corrected chi connectivity index (χ1v) is 9.02. The van der Waals surface area contributed by atoms with Crippen LogP contribution in [0.25, 0.3) is 0 Å². The second-order valence-electron chi connectivity index (χ2n) is 6.80. The van der Waals surface area contributed by atoms with Crippen LogP contribution in [0.15, 0.2) is 60.9 Å². The smallest absolute Gasteiger partial charge is 0.140 e. The molecule has 2 aromatic carbocycles. The van der Waals surface area contributed by atoms with Gasteiger partial charge in [0, 0.05) is 19.0 Å². The third-order valence-corrected chi connectivity index (χ3v) is 5.31. The largest absolute Gasteiger partial charge is 0.497 e. The maximum atomic E-state index is 5.47. The molecule has 0 radical (unpaired) electrons. The van der Waals surface area contributed by atoms with Crippen LogP contribution in [0, 0.1) is 0 Å². The van der Waals surface area contributed by atoms with E-state index in [0.717, 1.165) is 31.1 Å². The molecule has 1 saturated heterocycles. The molecule has 1 aliphatic heterocycles. The lowest BCUT2D eigenvalue weighted by Crippen LogP contribution is -2.26. The summed E-state index contributed by atoms with van der Waals surface area (Å²) in [6.45, 7) is 1.83. The van der Waals surface area contributed by atoms with Crippen LogP contribution in [0.3, 0.4) is 0 Å². The highest BCUT2D eigenvalue weighted by Crippen LogP contribution is 2.44. The Morgan fingerprint density at radius 2 is 1.88 bits per heavy atom. The van der Waals surface area contributed by atoms with Crippen LogP contribution in [-0.2, 0) is 13.6 Å². The van der Waals surface area contributed by atoms with Crippen LogP contribution in [0.5, 0.6) is 5.75 Å². The Morgan fingerprint density at radius 1 is 1.08 bits per heavy atom. The summed E-state index contributed by atoms with van der Waals surface area (Å²) in [4.78, 5) is 6.93. The lowest BCUT2D eigenvalue weighted by atomic mass is 9.87. The molecule has 5 heteroatoms. The first kappa shape index (κ1) is 16.8. The summed E-state index contributed by atoms with van der Waals surface area (Å²) in [6.07, 6.45) is 2.75. The van der Waals surface area contributed by atoms with Crippen LogP contribution >= 0.6 is 0 Å². The fourth-order valence-corrected chi connectivity index (χ4v) is 4.00. The molecule has 5 nitrogen and oxygen atoms in total. The summed E-state index contributed by atoms with van der Waals surface area (Å²) in [5.41, 5.74) is 2.68. The van der Waals surface area contributed by atoms with Crippen molar-refractivity contribution in [3.63, 3.8) is 0 Å². The number of methoxy groups -OCH3 is 1. The molecule has 26 heavy (non-hydrogen) atoms. The van der Waals surface area contributed by atoms with Crippen molar-refractivity contribution in [2.45, 2.75) is 24.9 Å². The predicted molar refractivity (Wildman–Crippen MR) is 101 cm³/mol. The molecule has 2 atom stereocenters. The second-order valence-corrected chi connectivity index (χ2v) is 6.80. The van der Waals surface area contributed by atoms with Gasteiger partial charge in [0.15, 0.2) is 0 Å². The molecule has 4 rings (SSSR count). The SMILES string of the molecule is COc1cccc([C@@H]2[C@H](c3ccccc3)CCN2Cc2ncnn2C)c1. The topological polar surface area (TPSA) is 43.2 Å². The molecule has 0 saturated carbocycles. The van der Waals surface area contributed by atoms with Gasteiger partial charge in [0.25, 0.3) is 0 Å². The predicted octanol–water partition coefficient (Wildman–Crippen LogP) is 3.55. The van der Waals surface area contributed by atoms with Gasteiger partial charge in [0.2, 0.25) is 0 Å². The van der Waals surface area contributed by atoms with Crippen molar-refractivity contribution >= 4 is 0 Å². The monoisotopic (exact) mass is 348 g/mol. The summed E-state index contributed by atoms with van der Waals surface area (Å²) < 4.78 is 7.33. The molecule has 0 amide bonds. The lowest BCUT2D eigenvalue weighted by Gasteiger charge is -2.29. The normalized spacial score (nSPS) is 20.4. The number of likely N-dealkylation sites (tertiary alicyclic amines) is 1. The van der Waals surface area contributed by atoms with E-state index in [4.69, 9.17) is 4.74 Å². The molecule has 1 aromatic heterocycles. The Balaban J connectivity index is 1.70. The number of hydrogen-bond acceptors (Lipinski definition) is 4. The van der Waals surface area contributed by atoms with Crippen LogP contribution < -0.4 is 4.74 Å². The zero-order valence-electron chi connectivity index (χ0n) is 15.2. The van der Waals surface area contributed by atoms with Crippen molar-refractivity contribution in [1.29, 1.82) is 0 Å². The molecule has 1 fully saturated rings. The van der Waals surface area contributed by atoms with Gasteiger partial charge in [-0.05, 0) is 36.2 Å². The van der Waals surface area contributed by atoms with Crippen molar-refractivity contribution in [1.82, 2.24) is 19.7 Å². The minimum atomic E-state index is 0.296. The Morgan fingerprint density at radius 3 is 2.62 bits per heavy atom. The van der Waals surface area contributed by atoms with Gasteiger partial charge < -0.3 is 4.74 Å². The van der Waals surface area contributed by atoms with E-state index in [1.54, 1.807) is 13.4 Å². The summed E-state index contributed by atoms with van der Waals surface area (Å²) >= 11 is 0. The standard InChI is InChI=1S/C21H24N4O/c1-24-20(22-15-23-24)14-25-12-11-19(16-7-4-3-5-8-16)21(25)17-9-6-10-18(13-17)26-2/h3-10,13,15,19,21H,11-12,14H2,1-2H3/t19-,21+/m0/s1. The van der Waals surface area contributed by atoms with Crippen molar-refractivity contribution in [3.05, 3.63) is 77.9 Å². The van der Waals surface area contributed by atoms with E-state index >= 15 is 0 Å². The third-order valence-electron chi connectivity index (χ3n) is 5.31. The van der Waals surface area contributed by atoms with Gasteiger partial charge in [-0.1, -0.05) is 42.5 Å². The minimum absolute atomic E-state index is 0.296. The summed E-state index contributed by atoms with van der Waals surface area (Å²) in [5, 5.41) is 4.22. The first-order valence-electron chi connectivity index (χ1n) is 9.02. The zero-order chi connectivity index (χ0) is 17.9. The summed E-state index contributed by atoms with van der Waals surface area (Å²) in [7, 11) is 3.67. The van der Waals surface area contributed by atoms with Gasteiger partial charge in [0.05, 0.1) is 13.7 Å². The van der Waals surface area contributed by atoms with E-state index in [0.29, 0.717) is 12.0 Å². The molecular formula is C21H24N4O. The molecule has 0 unspecified atom stereocenters. The molecule has 0 N–H and O–H groups in total. The average Bonchev–Trinajstić information content (AvgIpc) is 3.29. The van der Waals surface area contributed by atoms with Gasteiger partial charge in [-0.3, -0.25) is 9.58 Å². The number of nitrogens with zero attached hydrogens (tertiary/aromatic N) is 4. The Labute approximate surface area is 154 Å². The Kier molecular flexibility index (Phi) is 4.71. The Bertz CT molecular complexity index is 861. The number of aromatic nitrogens is 3. The maximum absolute atomic E-state index is 5.47. The highest BCUT2D eigenvalue weighted by molar-refractivity contribution is 5.35. The fraction of sp³-hybridized carbons (Fsp3) is 0.333. The number of aryl methyl sites for hydroxylation is 1. The van der Waals surface area contributed by atoms with Crippen molar-refractivity contribution in [2.24, 2.45) is 7.05 Å². The second kappa shape index (κ2) is 7.30. The van der Waals surface area contributed by atoms with Crippen LogP contribution in [0.1, 0.15) is 35.3 Å². The van der Waals surface area contributed by atoms with Crippen LogP contribution in [0.4, 0.5) is 0 Å². The Hall–Kier alpha value is -2.66. The number of benzene rings is 2. The van der Waals surface area contributed by atoms with E-state index < -0.39 is 0 Å². The zero-order valence-corrected chi connectivity index (χ0v) is 15.2. The maximum Gasteiger partial charge on any atom is 0.140 e. The van der Waals surface area contributed by atoms with Crippen molar-refractivity contribution in [3.8, 4) is 5.75 Å². The van der Waals surface area contributed by atoms with Gasteiger partial charge >= 0.3 is 0 Å². The van der Waals surface area contributed by atoms with E-state index in [9.17, 15) is 0 Å². The first-order chi connectivity index (χ1) is 12.8. The number of ether oxygens (including phenoxy) is 1. The minimum Gasteiger partial charge on any atom is -0.497 e. The van der Waals surface area contributed by atoms with Crippen LogP contribution in [-0.4, -0.2) is 33.3 Å². The van der Waals surface area contributed by atoms with E-state index in [-0.39, 0.29) is 0 Å². The van der Waals surface area contributed by atoms with Crippen molar-refractivity contribution < 1.29 is 4.74 Å². The third kappa shape index (κ3) is 3.22. The fourth-order valence-electron chi connectivity index (χ4n) is 4.00. The van der Waals surface area contributed by atoms with E-state index in [2.05, 4.69) is 63.5 Å². The van der Waals surface area contributed by atoms with Gasteiger partial charge in [0.1, 0.15) is 17.9 Å². The highest BCUT2D eigenvalue weighted by atomic mass is 16.5. The summed E-state index contributed by atoms with van der Waals surface area (Å²) in [5.74, 6) is 2.35. The van der Waals surface area contributed by atoms with Gasteiger partial charge in [-0.2, -0.15) is 5.10 Å². The number of hydrogen-bond donors (Lipinski definition) is 0. The molecule has 3 aromatic rings. The molecule has 2 heterocycles. The van der Waals surface area contributed by atoms with Crippen molar-refractivity contribution in [2.75, 3.05) is 13.7 Å². The van der Waals surface area contributed by atoms with E-state index in [1.807, 2.05) is 17.8 Å². The highest BCUT2D eigenvalue weighted by Gasteiger charge is 2.36. The van der Waals surface area contributed by atoms with Crippen LogP contribution in [0.2, 0.25) is 0 Å². The quantitative estimate of drug-likeness (QED) is 0.707.